The van der Waals surface area contributed by atoms with Gasteiger partial charge in [-0.3, -0.25) is 4.98 Å². The molecule has 1 aromatic carbocycles. The lowest BCUT2D eigenvalue weighted by Gasteiger charge is -1.99. The molecule has 1 aliphatic heterocycles. The van der Waals surface area contributed by atoms with E-state index in [4.69, 9.17) is 5.11 Å². The molecule has 1 saturated heterocycles. The Morgan fingerprint density at radius 3 is 2.62 bits per heavy atom. The van der Waals surface area contributed by atoms with Crippen molar-refractivity contribution < 1.29 is 9.90 Å². The van der Waals surface area contributed by atoms with Crippen molar-refractivity contribution in [1.82, 2.24) is 10.3 Å². The Morgan fingerprint density at radius 1 is 1.25 bits per heavy atom. The zero-order valence-corrected chi connectivity index (χ0v) is 8.68. The minimum absolute atomic E-state index is 0.297. The van der Waals surface area contributed by atoms with Gasteiger partial charge in [-0.05, 0) is 18.2 Å². The largest absolute Gasteiger partial charge is 0.478 e. The van der Waals surface area contributed by atoms with Crippen LogP contribution < -0.4 is 5.32 Å². The highest BCUT2D eigenvalue weighted by atomic mass is 16.4. The number of carboxylic acid groups (broad SMARTS) is 1. The van der Waals surface area contributed by atoms with E-state index in [0.717, 1.165) is 0 Å². The molecule has 2 N–H and O–H groups in total. The van der Waals surface area contributed by atoms with E-state index in [2.05, 4.69) is 10.3 Å². The van der Waals surface area contributed by atoms with Crippen LogP contribution in [0.15, 0.2) is 36.5 Å². The second-order valence-corrected chi connectivity index (χ2v) is 3.43. The average molecular weight is 216 g/mol. The molecule has 0 saturated carbocycles. The molecule has 0 amide bonds. The highest BCUT2D eigenvalue weighted by Gasteiger charge is 2.06. The van der Waals surface area contributed by atoms with Gasteiger partial charge in [0.05, 0.1) is 11.1 Å². The maximum Gasteiger partial charge on any atom is 0.336 e. The monoisotopic (exact) mass is 216 g/mol. The number of carboxylic acids is 1. The molecule has 4 nitrogen and oxygen atoms in total. The first-order chi connectivity index (χ1) is 7.79. The lowest BCUT2D eigenvalue weighted by molar-refractivity contribution is 0.0699. The van der Waals surface area contributed by atoms with Gasteiger partial charge in [0.2, 0.25) is 0 Å². The van der Waals surface area contributed by atoms with Gasteiger partial charge in [0.1, 0.15) is 0 Å². The van der Waals surface area contributed by atoms with Gasteiger partial charge >= 0.3 is 5.97 Å². The number of pyridine rings is 1. The third-order valence-corrected chi connectivity index (χ3v) is 2.13. The third-order valence-electron chi connectivity index (χ3n) is 2.13. The van der Waals surface area contributed by atoms with Gasteiger partial charge in [-0.1, -0.05) is 12.1 Å². The molecule has 1 aromatic heterocycles. The highest BCUT2D eigenvalue weighted by molar-refractivity contribution is 6.02. The van der Waals surface area contributed by atoms with Crippen molar-refractivity contribution in [3.8, 4) is 0 Å². The molecular weight excluding hydrogens is 204 g/mol. The predicted molar refractivity (Wildman–Crippen MR) is 61.6 cm³/mol. The molecular formula is C12H12N2O2. The lowest BCUT2D eigenvalue weighted by atomic mass is 10.1. The molecule has 0 unspecified atom stereocenters. The summed E-state index contributed by atoms with van der Waals surface area (Å²) in [7, 11) is 0. The van der Waals surface area contributed by atoms with Gasteiger partial charge in [-0.15, -0.1) is 0 Å². The summed E-state index contributed by atoms with van der Waals surface area (Å²) in [5.74, 6) is -0.918. The van der Waals surface area contributed by atoms with E-state index >= 15 is 0 Å². The van der Waals surface area contributed by atoms with Gasteiger partial charge < -0.3 is 10.4 Å². The molecule has 0 radical (unpaired) electrons. The normalized spacial score (nSPS) is 12.8. The zero-order valence-electron chi connectivity index (χ0n) is 8.68. The summed E-state index contributed by atoms with van der Waals surface area (Å²) in [4.78, 5) is 14.8. The molecule has 1 aliphatic rings. The first-order valence-electron chi connectivity index (χ1n) is 5.07. The van der Waals surface area contributed by atoms with Crippen molar-refractivity contribution in [2.75, 3.05) is 13.1 Å². The number of carbonyl (C=O) groups is 1. The van der Waals surface area contributed by atoms with Gasteiger partial charge in [0.15, 0.2) is 0 Å². The quantitative estimate of drug-likeness (QED) is 0.709. The van der Waals surface area contributed by atoms with Crippen LogP contribution in [0, 0.1) is 0 Å². The fourth-order valence-corrected chi connectivity index (χ4v) is 1.29. The highest BCUT2D eigenvalue weighted by Crippen LogP contribution is 2.15. The maximum atomic E-state index is 10.8. The molecule has 0 bridgehead atoms. The van der Waals surface area contributed by atoms with E-state index in [-0.39, 0.29) is 0 Å². The van der Waals surface area contributed by atoms with Crippen LogP contribution in [-0.4, -0.2) is 29.1 Å². The Labute approximate surface area is 92.9 Å². The number of fused-ring (bicyclic) bond motifs is 1. The van der Waals surface area contributed by atoms with Crippen molar-refractivity contribution in [3.05, 3.63) is 42.1 Å². The molecule has 0 aliphatic carbocycles. The van der Waals surface area contributed by atoms with Gasteiger partial charge in [-0.2, -0.15) is 0 Å². The van der Waals surface area contributed by atoms with Gasteiger partial charge in [0.25, 0.3) is 0 Å². The number of nitrogens with one attached hydrogen (secondary N) is 1. The third kappa shape index (κ3) is 2.55. The first kappa shape index (κ1) is 10.6. The molecule has 1 fully saturated rings. The number of nitrogens with zero attached hydrogens (tertiary/aromatic N) is 1. The maximum absolute atomic E-state index is 10.8. The van der Waals surface area contributed by atoms with Crippen LogP contribution in [0.4, 0.5) is 0 Å². The SMILES string of the molecule is C1CN1.O=C(O)c1cccc2ncccc12. The standard InChI is InChI=1S/C10H7NO2.C2H5N/c12-10(13)8-3-1-5-9-7(8)4-2-6-11-9;1-2-3-1/h1-6H,(H,12,13);3H,1-2H2. The zero-order chi connectivity index (χ0) is 11.4. The number of aromatic nitrogens is 1. The topological polar surface area (TPSA) is 72.1 Å². The van der Waals surface area contributed by atoms with Crippen LogP contribution in [0.1, 0.15) is 10.4 Å². The predicted octanol–water partition coefficient (Wildman–Crippen LogP) is 1.52. The second-order valence-electron chi connectivity index (χ2n) is 3.43. The molecule has 2 aromatic rings. The number of aromatic carboxylic acids is 1. The summed E-state index contributed by atoms with van der Waals surface area (Å²) in [6.07, 6.45) is 1.65. The van der Waals surface area contributed by atoms with Crippen molar-refractivity contribution in [1.29, 1.82) is 0 Å². The van der Waals surface area contributed by atoms with E-state index in [9.17, 15) is 4.79 Å². The van der Waals surface area contributed by atoms with Crippen LogP contribution >= 0.6 is 0 Å². The molecule has 2 heterocycles. The smallest absolute Gasteiger partial charge is 0.336 e. The van der Waals surface area contributed by atoms with Gasteiger partial charge in [0, 0.05) is 24.7 Å². The van der Waals surface area contributed by atoms with E-state index in [0.29, 0.717) is 16.5 Å². The molecule has 3 rings (SSSR count). The van der Waals surface area contributed by atoms with E-state index in [1.807, 2.05) is 0 Å². The molecule has 4 heteroatoms. The molecule has 16 heavy (non-hydrogen) atoms. The van der Waals surface area contributed by atoms with Crippen LogP contribution in [-0.2, 0) is 0 Å². The Morgan fingerprint density at radius 2 is 2.00 bits per heavy atom. The Hall–Kier alpha value is -1.94. The van der Waals surface area contributed by atoms with Crippen LogP contribution in [0.25, 0.3) is 10.9 Å². The van der Waals surface area contributed by atoms with Crippen LogP contribution in [0.3, 0.4) is 0 Å². The molecule has 82 valence electrons. The Kier molecular flexibility index (Phi) is 3.12. The number of benzene rings is 1. The van der Waals surface area contributed by atoms with Crippen LogP contribution in [0.2, 0.25) is 0 Å². The van der Waals surface area contributed by atoms with Crippen molar-refractivity contribution >= 4 is 16.9 Å². The fourth-order valence-electron chi connectivity index (χ4n) is 1.29. The summed E-state index contributed by atoms with van der Waals surface area (Å²) < 4.78 is 0. The lowest BCUT2D eigenvalue weighted by Crippen LogP contribution is -1.97. The van der Waals surface area contributed by atoms with E-state index in [1.165, 1.54) is 13.1 Å². The summed E-state index contributed by atoms with van der Waals surface area (Å²) in [6.45, 7) is 2.50. The Balaban J connectivity index is 0.000000278. The summed E-state index contributed by atoms with van der Waals surface area (Å²) in [5.41, 5.74) is 1.01. The fraction of sp³-hybridized carbons (Fsp3) is 0.167. The number of rotatable bonds is 1. The summed E-state index contributed by atoms with van der Waals surface area (Å²) >= 11 is 0. The van der Waals surface area contributed by atoms with Crippen molar-refractivity contribution in [2.24, 2.45) is 0 Å². The van der Waals surface area contributed by atoms with Crippen molar-refractivity contribution in [3.63, 3.8) is 0 Å². The van der Waals surface area contributed by atoms with Gasteiger partial charge in [-0.25, -0.2) is 4.79 Å². The minimum atomic E-state index is -0.918. The Bertz CT molecular complexity index is 501. The van der Waals surface area contributed by atoms with Crippen molar-refractivity contribution in [2.45, 2.75) is 0 Å². The molecule has 0 atom stereocenters. The van der Waals surface area contributed by atoms with E-state index < -0.39 is 5.97 Å². The molecule has 0 spiro atoms. The van der Waals surface area contributed by atoms with Crippen LogP contribution in [0.5, 0.6) is 0 Å². The minimum Gasteiger partial charge on any atom is -0.478 e. The summed E-state index contributed by atoms with van der Waals surface area (Å²) in [5, 5.41) is 12.5. The number of hydrogen-bond donors (Lipinski definition) is 2. The second kappa shape index (κ2) is 4.72. The summed E-state index contributed by atoms with van der Waals surface area (Å²) in [6, 6.07) is 8.55. The first-order valence-corrected chi connectivity index (χ1v) is 5.07. The van der Waals surface area contributed by atoms with E-state index in [1.54, 1.807) is 36.5 Å². The average Bonchev–Trinajstić information content (AvgIpc) is 3.15. The number of hydrogen-bond acceptors (Lipinski definition) is 3.